The summed E-state index contributed by atoms with van der Waals surface area (Å²) in [4.78, 5) is 0. The highest BCUT2D eigenvalue weighted by atomic mass is 14.5. The second kappa shape index (κ2) is 9.27. The molecule has 0 spiro atoms. The SMILES string of the molecule is CCC(CC)(CC)c1ccccc1C/C=C\C(=C/N)c1ccccc1. The lowest BCUT2D eigenvalue weighted by molar-refractivity contribution is 0.379. The van der Waals surface area contributed by atoms with Crippen LogP contribution in [-0.4, -0.2) is 0 Å². The summed E-state index contributed by atoms with van der Waals surface area (Å²) in [6.07, 6.45) is 10.5. The Labute approximate surface area is 153 Å². The Morgan fingerprint density at radius 2 is 1.48 bits per heavy atom. The standard InChI is InChI=1S/C24H31N/c1-4-24(5-2,6-3)23-18-11-10-15-21(23)16-12-17-22(19-25)20-13-8-7-9-14-20/h7-15,17-19H,4-6,16,25H2,1-3H3/b17-12-,22-19+. The predicted molar refractivity (Wildman–Crippen MR) is 110 cm³/mol. The van der Waals surface area contributed by atoms with Crippen molar-refractivity contribution in [2.75, 3.05) is 0 Å². The van der Waals surface area contributed by atoms with E-state index in [4.69, 9.17) is 5.73 Å². The molecule has 0 radical (unpaired) electrons. The quantitative estimate of drug-likeness (QED) is 0.567. The molecule has 2 aromatic carbocycles. The van der Waals surface area contributed by atoms with E-state index in [1.807, 2.05) is 18.2 Å². The Kier molecular flexibility index (Phi) is 7.06. The van der Waals surface area contributed by atoms with Crippen LogP contribution in [0.25, 0.3) is 5.57 Å². The number of rotatable bonds is 8. The van der Waals surface area contributed by atoms with Gasteiger partial charge in [0.05, 0.1) is 0 Å². The van der Waals surface area contributed by atoms with E-state index in [0.717, 1.165) is 17.6 Å². The largest absolute Gasteiger partial charge is 0.404 e. The van der Waals surface area contributed by atoms with Crippen LogP contribution < -0.4 is 5.73 Å². The van der Waals surface area contributed by atoms with Crippen LogP contribution in [0.1, 0.15) is 56.7 Å². The first-order valence-corrected chi connectivity index (χ1v) is 9.43. The Hall–Kier alpha value is -2.28. The zero-order valence-corrected chi connectivity index (χ0v) is 15.8. The summed E-state index contributed by atoms with van der Waals surface area (Å²) >= 11 is 0. The summed E-state index contributed by atoms with van der Waals surface area (Å²) in [5, 5.41) is 0. The summed E-state index contributed by atoms with van der Waals surface area (Å²) in [5.41, 5.74) is 11.3. The van der Waals surface area contributed by atoms with Crippen LogP contribution in [0, 0.1) is 0 Å². The molecule has 0 atom stereocenters. The Balaban J connectivity index is 2.24. The molecule has 0 saturated heterocycles. The van der Waals surface area contributed by atoms with Gasteiger partial charge >= 0.3 is 0 Å². The summed E-state index contributed by atoms with van der Waals surface area (Å²) in [5.74, 6) is 0. The van der Waals surface area contributed by atoms with Crippen LogP contribution in [0.5, 0.6) is 0 Å². The van der Waals surface area contributed by atoms with Crippen molar-refractivity contribution in [1.29, 1.82) is 0 Å². The maximum Gasteiger partial charge on any atom is 0.00174 e. The van der Waals surface area contributed by atoms with Crippen LogP contribution >= 0.6 is 0 Å². The zero-order valence-electron chi connectivity index (χ0n) is 15.8. The van der Waals surface area contributed by atoms with Gasteiger partial charge in [0, 0.05) is 6.20 Å². The second-order valence-electron chi connectivity index (χ2n) is 6.59. The molecular formula is C24H31N. The van der Waals surface area contributed by atoms with Crippen LogP contribution in [0.4, 0.5) is 0 Å². The predicted octanol–water partition coefficient (Wildman–Crippen LogP) is 6.25. The van der Waals surface area contributed by atoms with Crippen molar-refractivity contribution in [3.8, 4) is 0 Å². The molecule has 0 bridgehead atoms. The molecule has 0 fully saturated rings. The molecule has 0 saturated carbocycles. The van der Waals surface area contributed by atoms with Crippen molar-refractivity contribution in [2.24, 2.45) is 5.73 Å². The fourth-order valence-electron chi connectivity index (χ4n) is 3.73. The number of hydrogen-bond donors (Lipinski definition) is 1. The maximum atomic E-state index is 5.83. The van der Waals surface area contributed by atoms with Crippen LogP contribution in [-0.2, 0) is 11.8 Å². The van der Waals surface area contributed by atoms with Gasteiger partial charge in [-0.25, -0.2) is 0 Å². The van der Waals surface area contributed by atoms with Crippen LogP contribution in [0.3, 0.4) is 0 Å². The van der Waals surface area contributed by atoms with Gasteiger partial charge in [-0.3, -0.25) is 0 Å². The first-order valence-electron chi connectivity index (χ1n) is 9.43. The molecule has 0 aliphatic rings. The molecule has 0 heterocycles. The molecule has 2 N–H and O–H groups in total. The van der Waals surface area contributed by atoms with Crippen LogP contribution in [0.2, 0.25) is 0 Å². The highest BCUT2D eigenvalue weighted by Gasteiger charge is 2.27. The highest BCUT2D eigenvalue weighted by molar-refractivity contribution is 5.73. The van der Waals surface area contributed by atoms with Crippen molar-refractivity contribution < 1.29 is 0 Å². The zero-order chi connectivity index (χ0) is 18.1. The van der Waals surface area contributed by atoms with Crippen molar-refractivity contribution in [3.63, 3.8) is 0 Å². The molecule has 1 heteroatoms. The minimum atomic E-state index is 0.288. The first kappa shape index (κ1) is 19.1. The number of hydrogen-bond acceptors (Lipinski definition) is 1. The minimum absolute atomic E-state index is 0.288. The van der Waals surface area contributed by atoms with E-state index in [0.29, 0.717) is 0 Å². The molecule has 0 aliphatic carbocycles. The molecule has 0 aliphatic heterocycles. The van der Waals surface area contributed by atoms with Crippen LogP contribution in [0.15, 0.2) is 72.9 Å². The summed E-state index contributed by atoms with van der Waals surface area (Å²) < 4.78 is 0. The average Bonchev–Trinajstić information content (AvgIpc) is 2.69. The Morgan fingerprint density at radius 3 is 2.08 bits per heavy atom. The summed E-state index contributed by atoms with van der Waals surface area (Å²) in [6.45, 7) is 6.93. The molecule has 1 nitrogen and oxygen atoms in total. The average molecular weight is 334 g/mol. The topological polar surface area (TPSA) is 26.0 Å². The molecular weight excluding hydrogens is 302 g/mol. The van der Waals surface area contributed by atoms with Gasteiger partial charge in [-0.2, -0.15) is 0 Å². The Bertz CT molecular complexity index is 698. The van der Waals surface area contributed by atoms with E-state index in [-0.39, 0.29) is 5.41 Å². The van der Waals surface area contributed by atoms with E-state index in [2.05, 4.69) is 69.3 Å². The second-order valence-corrected chi connectivity index (χ2v) is 6.59. The number of nitrogens with two attached hydrogens (primary N) is 1. The fraction of sp³-hybridized carbons (Fsp3) is 0.333. The molecule has 132 valence electrons. The summed E-state index contributed by atoms with van der Waals surface area (Å²) in [6, 6.07) is 19.2. The number of benzene rings is 2. The van der Waals surface area contributed by atoms with E-state index < -0.39 is 0 Å². The van der Waals surface area contributed by atoms with E-state index in [1.54, 1.807) is 6.20 Å². The molecule has 2 rings (SSSR count). The third kappa shape index (κ3) is 4.42. The fourth-order valence-corrected chi connectivity index (χ4v) is 3.73. The van der Waals surface area contributed by atoms with E-state index >= 15 is 0 Å². The first-order chi connectivity index (χ1) is 12.2. The monoisotopic (exact) mass is 333 g/mol. The molecule has 0 unspecified atom stereocenters. The lowest BCUT2D eigenvalue weighted by Crippen LogP contribution is -2.24. The minimum Gasteiger partial charge on any atom is -0.404 e. The summed E-state index contributed by atoms with van der Waals surface area (Å²) in [7, 11) is 0. The molecule has 2 aromatic rings. The van der Waals surface area contributed by atoms with E-state index in [9.17, 15) is 0 Å². The van der Waals surface area contributed by atoms with Gasteiger partial charge in [-0.15, -0.1) is 0 Å². The lowest BCUT2D eigenvalue weighted by Gasteiger charge is -2.33. The molecule has 0 amide bonds. The van der Waals surface area contributed by atoms with Gasteiger partial charge in [0.1, 0.15) is 0 Å². The van der Waals surface area contributed by atoms with Gasteiger partial charge in [0.25, 0.3) is 0 Å². The van der Waals surface area contributed by atoms with E-state index in [1.165, 1.54) is 30.4 Å². The number of allylic oxidation sites excluding steroid dienone is 3. The molecule has 25 heavy (non-hydrogen) atoms. The van der Waals surface area contributed by atoms with Crippen molar-refractivity contribution >= 4 is 5.57 Å². The lowest BCUT2D eigenvalue weighted by atomic mass is 9.71. The van der Waals surface area contributed by atoms with Gasteiger partial charge in [0.15, 0.2) is 0 Å². The van der Waals surface area contributed by atoms with Gasteiger partial charge in [-0.05, 0) is 53.4 Å². The van der Waals surface area contributed by atoms with Gasteiger partial charge < -0.3 is 5.73 Å². The highest BCUT2D eigenvalue weighted by Crippen LogP contribution is 2.37. The van der Waals surface area contributed by atoms with Gasteiger partial charge in [0.2, 0.25) is 0 Å². The molecule has 0 aromatic heterocycles. The van der Waals surface area contributed by atoms with Crippen molar-refractivity contribution in [1.82, 2.24) is 0 Å². The third-order valence-corrected chi connectivity index (χ3v) is 5.54. The Morgan fingerprint density at radius 1 is 0.880 bits per heavy atom. The smallest absolute Gasteiger partial charge is 0.00174 e. The third-order valence-electron chi connectivity index (χ3n) is 5.54. The van der Waals surface area contributed by atoms with Crippen molar-refractivity contribution in [2.45, 2.75) is 51.9 Å². The maximum absolute atomic E-state index is 5.83. The van der Waals surface area contributed by atoms with Crippen molar-refractivity contribution in [3.05, 3.63) is 89.6 Å². The normalized spacial score (nSPS) is 12.7. The van der Waals surface area contributed by atoms with Gasteiger partial charge in [-0.1, -0.05) is 87.5 Å².